The van der Waals surface area contributed by atoms with Crippen LogP contribution in [0.4, 0.5) is 16.3 Å². The molecule has 1 aromatic carbocycles. The Balaban J connectivity index is 1.51. The molecule has 2 amide bonds. The van der Waals surface area contributed by atoms with E-state index in [1.807, 2.05) is 30.3 Å². The minimum atomic E-state index is -0.175. The van der Waals surface area contributed by atoms with Crippen LogP contribution >= 0.6 is 0 Å². The van der Waals surface area contributed by atoms with Crippen LogP contribution in [0.15, 0.2) is 36.5 Å². The van der Waals surface area contributed by atoms with E-state index in [0.29, 0.717) is 43.4 Å². The number of nitrogens with one attached hydrogen (secondary N) is 1. The van der Waals surface area contributed by atoms with Crippen LogP contribution < -0.4 is 19.7 Å². The smallest absolute Gasteiger partial charge is 0.321 e. The number of benzene rings is 1. The SMILES string of the molecule is COc1ccc(CCN(C)C(=O)Nc2ccc(N3CCOCC3)nc2)cc1OC. The minimum absolute atomic E-state index is 0.175. The Kier molecular flexibility index (Phi) is 7.13. The monoisotopic (exact) mass is 400 g/mol. The number of anilines is 2. The van der Waals surface area contributed by atoms with Crippen LogP contribution in [0.2, 0.25) is 0 Å². The van der Waals surface area contributed by atoms with E-state index >= 15 is 0 Å². The molecule has 29 heavy (non-hydrogen) atoms. The van der Waals surface area contributed by atoms with E-state index in [2.05, 4.69) is 15.2 Å². The second-order valence-electron chi connectivity index (χ2n) is 6.80. The Morgan fingerprint density at radius 1 is 1.17 bits per heavy atom. The van der Waals surface area contributed by atoms with Gasteiger partial charge in [-0.3, -0.25) is 0 Å². The van der Waals surface area contributed by atoms with Gasteiger partial charge in [0.15, 0.2) is 11.5 Å². The van der Waals surface area contributed by atoms with Gasteiger partial charge in [-0.25, -0.2) is 9.78 Å². The lowest BCUT2D eigenvalue weighted by atomic mass is 10.1. The van der Waals surface area contributed by atoms with E-state index in [-0.39, 0.29) is 6.03 Å². The van der Waals surface area contributed by atoms with Crippen molar-refractivity contribution in [1.29, 1.82) is 0 Å². The first-order chi connectivity index (χ1) is 14.1. The predicted molar refractivity (Wildman–Crippen MR) is 112 cm³/mol. The molecule has 156 valence electrons. The number of urea groups is 1. The Morgan fingerprint density at radius 2 is 1.93 bits per heavy atom. The van der Waals surface area contributed by atoms with Crippen LogP contribution in [0.25, 0.3) is 0 Å². The lowest BCUT2D eigenvalue weighted by Crippen LogP contribution is -2.36. The highest BCUT2D eigenvalue weighted by Crippen LogP contribution is 2.27. The summed E-state index contributed by atoms with van der Waals surface area (Å²) in [7, 11) is 4.99. The molecule has 0 radical (unpaired) electrons. The third-order valence-corrected chi connectivity index (χ3v) is 4.86. The van der Waals surface area contributed by atoms with E-state index < -0.39 is 0 Å². The molecule has 1 N–H and O–H groups in total. The van der Waals surface area contributed by atoms with Crippen LogP contribution in [0.5, 0.6) is 11.5 Å². The summed E-state index contributed by atoms with van der Waals surface area (Å²) in [6.07, 6.45) is 2.39. The summed E-state index contributed by atoms with van der Waals surface area (Å²) in [6, 6.07) is 9.39. The van der Waals surface area contributed by atoms with Gasteiger partial charge in [0, 0.05) is 26.7 Å². The molecule has 1 aliphatic heterocycles. The Morgan fingerprint density at radius 3 is 2.59 bits per heavy atom. The zero-order chi connectivity index (χ0) is 20.6. The van der Waals surface area contributed by atoms with Gasteiger partial charge in [0.05, 0.1) is 39.3 Å². The molecule has 8 heteroatoms. The number of nitrogens with zero attached hydrogens (tertiary/aromatic N) is 3. The lowest BCUT2D eigenvalue weighted by molar-refractivity contribution is 0.122. The Hall–Kier alpha value is -3.00. The van der Waals surface area contributed by atoms with E-state index in [1.54, 1.807) is 32.4 Å². The molecule has 0 bridgehead atoms. The molecular formula is C21H28N4O4. The second-order valence-corrected chi connectivity index (χ2v) is 6.80. The van der Waals surface area contributed by atoms with Crippen molar-refractivity contribution in [2.24, 2.45) is 0 Å². The Bertz CT molecular complexity index is 807. The maximum absolute atomic E-state index is 12.5. The highest BCUT2D eigenvalue weighted by Gasteiger charge is 2.14. The van der Waals surface area contributed by atoms with Crippen molar-refractivity contribution in [2.45, 2.75) is 6.42 Å². The first-order valence-corrected chi connectivity index (χ1v) is 9.62. The molecule has 1 fully saturated rings. The van der Waals surface area contributed by atoms with Crippen molar-refractivity contribution in [3.8, 4) is 11.5 Å². The number of pyridine rings is 1. The molecule has 0 aliphatic carbocycles. The summed E-state index contributed by atoms with van der Waals surface area (Å²) in [5.74, 6) is 2.27. The van der Waals surface area contributed by atoms with Crippen molar-refractivity contribution in [3.63, 3.8) is 0 Å². The number of likely N-dealkylation sites (N-methyl/N-ethyl adjacent to an activating group) is 1. The van der Waals surface area contributed by atoms with Gasteiger partial charge in [-0.15, -0.1) is 0 Å². The van der Waals surface area contributed by atoms with Gasteiger partial charge in [-0.1, -0.05) is 6.07 Å². The third kappa shape index (κ3) is 5.51. The molecule has 1 saturated heterocycles. The number of amides is 2. The summed E-state index contributed by atoms with van der Waals surface area (Å²) in [4.78, 5) is 20.7. The number of rotatable bonds is 7. The molecule has 3 rings (SSSR count). The normalized spacial score (nSPS) is 13.7. The van der Waals surface area contributed by atoms with Gasteiger partial charge in [0.2, 0.25) is 0 Å². The second kappa shape index (κ2) is 9.97. The summed E-state index contributed by atoms with van der Waals surface area (Å²) in [5.41, 5.74) is 1.74. The maximum atomic E-state index is 12.5. The highest BCUT2D eigenvalue weighted by molar-refractivity contribution is 5.89. The molecule has 0 unspecified atom stereocenters. The number of carbonyl (C=O) groups excluding carboxylic acids is 1. The van der Waals surface area contributed by atoms with Crippen LogP contribution in [-0.4, -0.2) is 70.0 Å². The quantitative estimate of drug-likeness (QED) is 0.770. The number of morpholine rings is 1. The van der Waals surface area contributed by atoms with Gasteiger partial charge in [0.25, 0.3) is 0 Å². The van der Waals surface area contributed by atoms with E-state index in [4.69, 9.17) is 14.2 Å². The van der Waals surface area contributed by atoms with E-state index in [0.717, 1.165) is 24.5 Å². The zero-order valence-electron chi connectivity index (χ0n) is 17.2. The van der Waals surface area contributed by atoms with Crippen LogP contribution in [-0.2, 0) is 11.2 Å². The molecule has 1 aliphatic rings. The fourth-order valence-electron chi connectivity index (χ4n) is 3.09. The van der Waals surface area contributed by atoms with Gasteiger partial charge in [0.1, 0.15) is 5.82 Å². The fraction of sp³-hybridized carbons (Fsp3) is 0.429. The number of ether oxygens (including phenoxy) is 3. The van der Waals surface area contributed by atoms with Crippen LogP contribution in [0.1, 0.15) is 5.56 Å². The van der Waals surface area contributed by atoms with Gasteiger partial charge in [-0.2, -0.15) is 0 Å². The van der Waals surface area contributed by atoms with Crippen molar-refractivity contribution >= 4 is 17.5 Å². The third-order valence-electron chi connectivity index (χ3n) is 4.86. The molecule has 2 aromatic rings. The molecule has 2 heterocycles. The molecule has 8 nitrogen and oxygen atoms in total. The zero-order valence-corrected chi connectivity index (χ0v) is 17.2. The summed E-state index contributed by atoms with van der Waals surface area (Å²) in [6.45, 7) is 3.66. The lowest BCUT2D eigenvalue weighted by Gasteiger charge is -2.27. The van der Waals surface area contributed by atoms with Crippen molar-refractivity contribution in [1.82, 2.24) is 9.88 Å². The first-order valence-electron chi connectivity index (χ1n) is 9.62. The highest BCUT2D eigenvalue weighted by atomic mass is 16.5. The average molecular weight is 400 g/mol. The van der Waals surface area contributed by atoms with E-state index in [1.165, 1.54) is 0 Å². The molecule has 1 aromatic heterocycles. The standard InChI is InChI=1S/C21H28N4O4/c1-24(9-8-16-4-6-18(27-2)19(14-16)28-3)21(26)23-17-5-7-20(22-15-17)25-10-12-29-13-11-25/h4-7,14-15H,8-13H2,1-3H3,(H,23,26). The van der Waals surface area contributed by atoms with Crippen molar-refractivity contribution in [2.75, 3.05) is 64.3 Å². The number of hydrogen-bond acceptors (Lipinski definition) is 6. The van der Waals surface area contributed by atoms with Gasteiger partial charge < -0.3 is 29.3 Å². The van der Waals surface area contributed by atoms with Crippen molar-refractivity contribution in [3.05, 3.63) is 42.1 Å². The molecule has 0 saturated carbocycles. The minimum Gasteiger partial charge on any atom is -0.493 e. The molecule has 0 spiro atoms. The van der Waals surface area contributed by atoms with E-state index in [9.17, 15) is 4.79 Å². The fourth-order valence-corrected chi connectivity index (χ4v) is 3.09. The van der Waals surface area contributed by atoms with Crippen LogP contribution in [0.3, 0.4) is 0 Å². The first kappa shape index (κ1) is 20.7. The van der Waals surface area contributed by atoms with Gasteiger partial charge in [-0.05, 0) is 36.2 Å². The van der Waals surface area contributed by atoms with Crippen LogP contribution in [0, 0.1) is 0 Å². The summed E-state index contributed by atoms with van der Waals surface area (Å²) < 4.78 is 15.9. The largest absolute Gasteiger partial charge is 0.493 e. The van der Waals surface area contributed by atoms with Gasteiger partial charge >= 0.3 is 6.03 Å². The van der Waals surface area contributed by atoms with Crippen molar-refractivity contribution < 1.29 is 19.0 Å². The average Bonchev–Trinajstić information content (AvgIpc) is 2.78. The molecular weight excluding hydrogens is 372 g/mol. The number of carbonyl (C=O) groups is 1. The summed E-state index contributed by atoms with van der Waals surface area (Å²) >= 11 is 0. The topological polar surface area (TPSA) is 76.2 Å². The number of hydrogen-bond donors (Lipinski definition) is 1. The number of methoxy groups -OCH3 is 2. The number of aromatic nitrogens is 1. The predicted octanol–water partition coefficient (Wildman–Crippen LogP) is 2.64. The maximum Gasteiger partial charge on any atom is 0.321 e. The summed E-state index contributed by atoms with van der Waals surface area (Å²) in [5, 5.41) is 2.89. The Labute approximate surface area is 171 Å². The molecule has 0 atom stereocenters.